The van der Waals surface area contributed by atoms with Crippen LogP contribution in [0, 0.1) is 5.41 Å². The molecule has 1 unspecified atom stereocenters. The molecule has 0 bridgehead atoms. The molecule has 1 aliphatic carbocycles. The van der Waals surface area contributed by atoms with E-state index in [2.05, 4.69) is 47.9 Å². The number of ether oxygens (including phenoxy) is 1. The van der Waals surface area contributed by atoms with E-state index in [4.69, 9.17) is 4.74 Å². The third kappa shape index (κ3) is 6.96. The summed E-state index contributed by atoms with van der Waals surface area (Å²) in [5.41, 5.74) is 2.85. The number of alkyl halides is 3. The van der Waals surface area contributed by atoms with E-state index in [1.54, 1.807) is 12.1 Å². The first-order valence-corrected chi connectivity index (χ1v) is 15.4. The van der Waals surface area contributed by atoms with Crippen molar-refractivity contribution in [1.29, 1.82) is 0 Å². The van der Waals surface area contributed by atoms with Crippen LogP contribution in [-0.4, -0.2) is 65.2 Å². The van der Waals surface area contributed by atoms with Crippen molar-refractivity contribution in [3.8, 4) is 0 Å². The van der Waals surface area contributed by atoms with E-state index < -0.39 is 17.3 Å². The van der Waals surface area contributed by atoms with Crippen molar-refractivity contribution in [2.45, 2.75) is 96.6 Å². The molecule has 2 saturated heterocycles. The van der Waals surface area contributed by atoms with E-state index >= 15 is 0 Å². The number of nitrogens with zero attached hydrogens (tertiary/aromatic N) is 3. The summed E-state index contributed by atoms with van der Waals surface area (Å²) in [4.78, 5) is 19.6. The Morgan fingerprint density at radius 1 is 0.952 bits per heavy atom. The maximum atomic E-state index is 13.1. The second-order valence-corrected chi connectivity index (χ2v) is 14.0. The fourth-order valence-corrected chi connectivity index (χ4v) is 7.18. The zero-order chi connectivity index (χ0) is 30.3. The van der Waals surface area contributed by atoms with E-state index in [0.29, 0.717) is 23.9 Å². The predicted molar refractivity (Wildman–Crippen MR) is 159 cm³/mol. The van der Waals surface area contributed by atoms with Crippen LogP contribution in [0.4, 0.5) is 18.0 Å². The second-order valence-electron chi connectivity index (χ2n) is 14.0. The molecule has 1 spiro atoms. The molecule has 5 nitrogen and oxygen atoms in total. The van der Waals surface area contributed by atoms with Gasteiger partial charge in [-0.25, -0.2) is 4.79 Å². The van der Waals surface area contributed by atoms with Gasteiger partial charge >= 0.3 is 12.3 Å². The van der Waals surface area contributed by atoms with Crippen molar-refractivity contribution < 1.29 is 22.7 Å². The number of hydrogen-bond donors (Lipinski definition) is 0. The van der Waals surface area contributed by atoms with Gasteiger partial charge in [-0.2, -0.15) is 13.2 Å². The average Bonchev–Trinajstić information content (AvgIpc) is 2.91. The number of piperidine rings is 1. The summed E-state index contributed by atoms with van der Waals surface area (Å²) >= 11 is 0. The molecule has 8 heteroatoms. The number of carbonyl (C=O) groups is 1. The molecule has 2 aliphatic heterocycles. The lowest BCUT2D eigenvalue weighted by molar-refractivity contribution is -0.137. The largest absolute Gasteiger partial charge is 0.444 e. The maximum Gasteiger partial charge on any atom is 0.416 e. The number of rotatable bonds is 5. The highest BCUT2D eigenvalue weighted by Gasteiger charge is 2.50. The first kappa shape index (κ1) is 30.9. The lowest BCUT2D eigenvalue weighted by atomic mass is 9.59. The van der Waals surface area contributed by atoms with Crippen molar-refractivity contribution in [3.05, 3.63) is 70.8 Å². The third-order valence-electron chi connectivity index (χ3n) is 9.45. The van der Waals surface area contributed by atoms with Crippen LogP contribution < -0.4 is 0 Å². The number of piperazine rings is 1. The molecule has 42 heavy (non-hydrogen) atoms. The summed E-state index contributed by atoms with van der Waals surface area (Å²) in [5, 5.41) is 0. The molecule has 1 saturated carbocycles. The van der Waals surface area contributed by atoms with Gasteiger partial charge in [0.05, 0.1) is 5.56 Å². The highest BCUT2D eigenvalue weighted by atomic mass is 19.4. The van der Waals surface area contributed by atoms with Gasteiger partial charge in [0.2, 0.25) is 0 Å². The molecule has 3 fully saturated rings. The van der Waals surface area contributed by atoms with Gasteiger partial charge in [0.1, 0.15) is 5.60 Å². The van der Waals surface area contributed by atoms with Crippen LogP contribution in [0.2, 0.25) is 0 Å². The minimum Gasteiger partial charge on any atom is -0.444 e. The second kappa shape index (κ2) is 11.8. The molecule has 3 aliphatic rings. The zero-order valence-corrected chi connectivity index (χ0v) is 25.7. The zero-order valence-electron chi connectivity index (χ0n) is 25.7. The Bertz CT molecular complexity index is 1220. The number of benzene rings is 2. The van der Waals surface area contributed by atoms with E-state index in [9.17, 15) is 18.0 Å². The van der Waals surface area contributed by atoms with Gasteiger partial charge in [0.15, 0.2) is 0 Å². The van der Waals surface area contributed by atoms with Gasteiger partial charge in [-0.1, -0.05) is 50.2 Å². The molecular weight excluding hydrogens is 539 g/mol. The minimum absolute atomic E-state index is 0.206. The predicted octanol–water partition coefficient (Wildman–Crippen LogP) is 7.87. The SMILES string of the molecule is CC(C)c1ccccc1C1CN(Cc2ccc(C(F)(F)F)cc2)CCN1C1CC2(CCN(C(=O)OC(C)(C)C)CC2)C1. The van der Waals surface area contributed by atoms with Crippen LogP contribution in [0.15, 0.2) is 48.5 Å². The lowest BCUT2D eigenvalue weighted by Crippen LogP contribution is -2.60. The molecule has 1 atom stereocenters. The Morgan fingerprint density at radius 2 is 1.60 bits per heavy atom. The van der Waals surface area contributed by atoms with Crippen LogP contribution in [-0.2, 0) is 17.5 Å². The van der Waals surface area contributed by atoms with Crippen molar-refractivity contribution in [2.75, 3.05) is 32.7 Å². The summed E-state index contributed by atoms with van der Waals surface area (Å²) in [5.74, 6) is 0.401. The van der Waals surface area contributed by atoms with Crippen LogP contribution in [0.1, 0.15) is 94.5 Å². The highest BCUT2D eigenvalue weighted by molar-refractivity contribution is 5.68. The van der Waals surface area contributed by atoms with Gasteiger partial charge in [-0.15, -0.1) is 0 Å². The van der Waals surface area contributed by atoms with E-state index in [0.717, 1.165) is 64.0 Å². The molecule has 230 valence electrons. The average molecular weight is 586 g/mol. The minimum atomic E-state index is -4.32. The van der Waals surface area contributed by atoms with E-state index in [-0.39, 0.29) is 12.1 Å². The maximum absolute atomic E-state index is 13.1. The van der Waals surface area contributed by atoms with Gasteiger partial charge in [-0.05, 0) is 86.6 Å². The Hall–Kier alpha value is -2.58. The Balaban J connectivity index is 1.27. The lowest BCUT2D eigenvalue weighted by Gasteiger charge is -2.58. The highest BCUT2D eigenvalue weighted by Crippen LogP contribution is 2.53. The molecular formula is C34H46F3N3O2. The number of likely N-dealkylation sites (tertiary alicyclic amines) is 1. The standard InChI is InChI=1S/C34H46F3N3O2/c1-24(2)28-8-6-7-9-29(28)30-23-38(22-25-10-12-26(13-11-25)34(35,36)37)18-19-40(30)27-20-33(21-27)14-16-39(17-15-33)31(41)42-32(3,4)5/h6-13,24,27,30H,14-23H2,1-5H3. The first-order chi connectivity index (χ1) is 19.7. The molecule has 0 N–H and O–H groups in total. The van der Waals surface area contributed by atoms with Crippen LogP contribution >= 0.6 is 0 Å². The van der Waals surface area contributed by atoms with Crippen molar-refractivity contribution in [2.24, 2.45) is 5.41 Å². The third-order valence-corrected chi connectivity index (χ3v) is 9.45. The van der Waals surface area contributed by atoms with Gasteiger partial charge < -0.3 is 9.64 Å². The number of halogens is 3. The summed E-state index contributed by atoms with van der Waals surface area (Å²) < 4.78 is 44.9. The number of amides is 1. The normalized spacial score (nSPS) is 22.4. The molecule has 2 heterocycles. The van der Waals surface area contributed by atoms with Crippen molar-refractivity contribution >= 4 is 6.09 Å². The van der Waals surface area contributed by atoms with Crippen LogP contribution in [0.3, 0.4) is 0 Å². The van der Waals surface area contributed by atoms with Crippen LogP contribution in [0.5, 0.6) is 0 Å². The number of hydrogen-bond acceptors (Lipinski definition) is 4. The molecule has 1 amide bonds. The van der Waals surface area contributed by atoms with Crippen molar-refractivity contribution in [3.63, 3.8) is 0 Å². The Morgan fingerprint density at radius 3 is 2.19 bits per heavy atom. The molecule has 5 rings (SSSR count). The molecule has 2 aromatic rings. The smallest absolute Gasteiger partial charge is 0.416 e. The summed E-state index contributed by atoms with van der Waals surface area (Å²) in [6.07, 6.45) is -0.193. The fraction of sp³-hybridized carbons (Fsp3) is 0.618. The topological polar surface area (TPSA) is 36.0 Å². The number of carbonyl (C=O) groups excluding carboxylic acids is 1. The molecule has 0 aromatic heterocycles. The summed E-state index contributed by atoms with van der Waals surface area (Å²) in [6.45, 7) is 15.0. The van der Waals surface area contributed by atoms with Crippen LogP contribution in [0.25, 0.3) is 0 Å². The van der Waals surface area contributed by atoms with E-state index in [1.165, 1.54) is 23.3 Å². The Labute approximate surface area is 249 Å². The summed E-state index contributed by atoms with van der Waals surface area (Å²) in [7, 11) is 0. The quantitative estimate of drug-likeness (QED) is 0.358. The molecule has 0 radical (unpaired) electrons. The van der Waals surface area contributed by atoms with Gasteiger partial charge in [0.25, 0.3) is 0 Å². The fourth-order valence-electron chi connectivity index (χ4n) is 7.18. The van der Waals surface area contributed by atoms with Gasteiger partial charge in [0, 0.05) is 51.4 Å². The molecule has 2 aromatic carbocycles. The Kier molecular flexibility index (Phi) is 8.70. The van der Waals surface area contributed by atoms with E-state index in [1.807, 2.05) is 25.7 Å². The first-order valence-electron chi connectivity index (χ1n) is 15.4. The summed E-state index contributed by atoms with van der Waals surface area (Å²) in [6, 6.07) is 15.1. The van der Waals surface area contributed by atoms with Gasteiger partial charge in [-0.3, -0.25) is 9.80 Å². The van der Waals surface area contributed by atoms with Crippen molar-refractivity contribution in [1.82, 2.24) is 14.7 Å². The monoisotopic (exact) mass is 585 g/mol.